The molecule has 0 radical (unpaired) electrons. The van der Waals surface area contributed by atoms with Gasteiger partial charge < -0.3 is 14.0 Å². The van der Waals surface area contributed by atoms with Gasteiger partial charge in [-0.3, -0.25) is 0 Å². The summed E-state index contributed by atoms with van der Waals surface area (Å²) in [6.07, 6.45) is 0.372. The summed E-state index contributed by atoms with van der Waals surface area (Å²) in [5.41, 5.74) is -0.0740. The third kappa shape index (κ3) is 3.86. The zero-order chi connectivity index (χ0) is 19.9. The molecule has 26 heavy (non-hydrogen) atoms. The molecule has 2 aliphatic heterocycles. The fourth-order valence-corrected chi connectivity index (χ4v) is 4.18. The molecule has 9 heteroatoms. The first-order valence-electron chi connectivity index (χ1n) is 9.07. The van der Waals surface area contributed by atoms with E-state index >= 15 is 0 Å². The Bertz CT molecular complexity index is 682. The Hall–Kier alpha value is -0.895. The van der Waals surface area contributed by atoms with Gasteiger partial charge in [0.25, 0.3) is 0 Å². The molecule has 0 N–H and O–H groups in total. The van der Waals surface area contributed by atoms with Crippen LogP contribution in [0.15, 0.2) is 11.0 Å². The number of hydrogen-bond donors (Lipinski definition) is 0. The zero-order valence-electron chi connectivity index (χ0n) is 16.8. The van der Waals surface area contributed by atoms with Crippen LogP contribution in [0, 0.1) is 0 Å². The zero-order valence-corrected chi connectivity index (χ0v) is 17.6. The lowest BCUT2D eigenvalue weighted by atomic mass is 9.72. The molecule has 0 saturated carbocycles. The molecular formula is C17H30BNO6S. The van der Waals surface area contributed by atoms with Gasteiger partial charge >= 0.3 is 13.1 Å². The van der Waals surface area contributed by atoms with E-state index < -0.39 is 39.6 Å². The van der Waals surface area contributed by atoms with Crippen LogP contribution < -0.4 is 0 Å². The van der Waals surface area contributed by atoms with Crippen LogP contribution in [0.5, 0.6) is 0 Å². The van der Waals surface area contributed by atoms with Crippen molar-refractivity contribution in [2.45, 2.75) is 71.3 Å². The van der Waals surface area contributed by atoms with Crippen molar-refractivity contribution in [1.82, 2.24) is 4.31 Å². The minimum absolute atomic E-state index is 0.0151. The van der Waals surface area contributed by atoms with Gasteiger partial charge in [-0.25, -0.2) is 13.2 Å². The molecule has 0 aromatic rings. The van der Waals surface area contributed by atoms with Crippen molar-refractivity contribution in [1.29, 1.82) is 0 Å². The van der Waals surface area contributed by atoms with E-state index in [-0.39, 0.29) is 13.2 Å². The largest absolute Gasteiger partial charge is 0.491 e. The fourth-order valence-electron chi connectivity index (χ4n) is 2.93. The Kier molecular flexibility index (Phi) is 5.98. The van der Waals surface area contributed by atoms with Crippen LogP contribution in [0.3, 0.4) is 0 Å². The smallest absolute Gasteiger partial charge is 0.463 e. The van der Waals surface area contributed by atoms with E-state index in [2.05, 4.69) is 0 Å². The van der Waals surface area contributed by atoms with Gasteiger partial charge in [-0.1, -0.05) is 0 Å². The second-order valence-corrected chi connectivity index (χ2v) is 10.5. The van der Waals surface area contributed by atoms with Crippen molar-refractivity contribution in [3.05, 3.63) is 11.0 Å². The van der Waals surface area contributed by atoms with Crippen molar-refractivity contribution in [3.8, 4) is 0 Å². The van der Waals surface area contributed by atoms with Gasteiger partial charge in [0.2, 0.25) is 10.0 Å². The Morgan fingerprint density at radius 1 is 1.23 bits per heavy atom. The van der Waals surface area contributed by atoms with Crippen molar-refractivity contribution in [2.24, 2.45) is 0 Å². The van der Waals surface area contributed by atoms with Crippen molar-refractivity contribution >= 4 is 23.1 Å². The topological polar surface area (TPSA) is 82.1 Å². The number of esters is 1. The van der Waals surface area contributed by atoms with E-state index in [0.29, 0.717) is 24.0 Å². The minimum atomic E-state index is -3.46. The molecule has 2 aliphatic rings. The molecule has 2 heterocycles. The number of ether oxygens (including phenoxy) is 1. The van der Waals surface area contributed by atoms with E-state index in [9.17, 15) is 13.2 Å². The predicted octanol–water partition coefficient (Wildman–Crippen LogP) is 1.92. The Labute approximate surface area is 157 Å². The van der Waals surface area contributed by atoms with E-state index in [1.807, 2.05) is 27.7 Å². The maximum absolute atomic E-state index is 12.5. The SMILES string of the molecule is CCOC(=O)C1=C(B2OC(C)(C)C(C)(C)O2)CCN(S(=O)(=O)C(C)C)C1. The molecule has 0 spiro atoms. The number of hydrogen-bond acceptors (Lipinski definition) is 6. The number of nitrogens with zero attached hydrogens (tertiary/aromatic N) is 1. The second kappa shape index (κ2) is 7.26. The summed E-state index contributed by atoms with van der Waals surface area (Å²) in [6, 6.07) is 0. The van der Waals surface area contributed by atoms with E-state index in [1.54, 1.807) is 20.8 Å². The average Bonchev–Trinajstić information content (AvgIpc) is 2.74. The first-order chi connectivity index (χ1) is 11.8. The standard InChI is InChI=1S/C17H30BNO6S/c1-8-23-15(20)13-11-19(26(21,22)12(2)3)10-9-14(13)18-24-16(4,5)17(6,7)25-18/h12H,8-11H2,1-7H3. The van der Waals surface area contributed by atoms with Crippen LogP contribution in [-0.2, 0) is 28.9 Å². The van der Waals surface area contributed by atoms with E-state index in [0.717, 1.165) is 0 Å². The third-order valence-electron chi connectivity index (χ3n) is 5.37. The highest BCUT2D eigenvalue weighted by molar-refractivity contribution is 7.89. The molecular weight excluding hydrogens is 357 g/mol. The highest BCUT2D eigenvalue weighted by Crippen LogP contribution is 2.40. The van der Waals surface area contributed by atoms with Gasteiger partial charge in [0, 0.05) is 18.7 Å². The van der Waals surface area contributed by atoms with Crippen LogP contribution in [-0.4, -0.2) is 62.0 Å². The lowest BCUT2D eigenvalue weighted by Gasteiger charge is -2.32. The van der Waals surface area contributed by atoms with Crippen LogP contribution in [0.4, 0.5) is 0 Å². The minimum Gasteiger partial charge on any atom is -0.463 e. The van der Waals surface area contributed by atoms with Crippen LogP contribution in [0.2, 0.25) is 0 Å². The number of rotatable bonds is 5. The summed E-state index contributed by atoms with van der Waals surface area (Å²) in [5, 5.41) is -0.552. The molecule has 148 valence electrons. The monoisotopic (exact) mass is 387 g/mol. The molecule has 7 nitrogen and oxygen atoms in total. The van der Waals surface area contributed by atoms with Crippen molar-refractivity contribution in [2.75, 3.05) is 19.7 Å². The van der Waals surface area contributed by atoms with Gasteiger partial charge in [0.1, 0.15) is 0 Å². The second-order valence-electron chi connectivity index (χ2n) is 7.99. The maximum atomic E-state index is 12.5. The van der Waals surface area contributed by atoms with Gasteiger partial charge in [-0.2, -0.15) is 4.31 Å². The highest BCUT2D eigenvalue weighted by Gasteiger charge is 2.54. The molecule has 0 atom stereocenters. The Morgan fingerprint density at radius 2 is 1.77 bits per heavy atom. The summed E-state index contributed by atoms with van der Waals surface area (Å²) >= 11 is 0. The molecule has 0 amide bonds. The number of sulfonamides is 1. The van der Waals surface area contributed by atoms with Crippen LogP contribution in [0.1, 0.15) is 54.9 Å². The normalized spacial score (nSPS) is 23.6. The Balaban J connectivity index is 2.39. The third-order valence-corrected chi connectivity index (χ3v) is 7.59. The molecule has 1 saturated heterocycles. The number of carbonyl (C=O) groups excluding carboxylic acids is 1. The lowest BCUT2D eigenvalue weighted by molar-refractivity contribution is -0.138. The van der Waals surface area contributed by atoms with Crippen molar-refractivity contribution in [3.63, 3.8) is 0 Å². The molecule has 0 aliphatic carbocycles. The van der Waals surface area contributed by atoms with Crippen molar-refractivity contribution < 1.29 is 27.3 Å². The quantitative estimate of drug-likeness (QED) is 0.530. The highest BCUT2D eigenvalue weighted by atomic mass is 32.2. The molecule has 1 fully saturated rings. The van der Waals surface area contributed by atoms with Crippen LogP contribution in [0.25, 0.3) is 0 Å². The van der Waals surface area contributed by atoms with Gasteiger partial charge in [-0.15, -0.1) is 0 Å². The van der Waals surface area contributed by atoms with Gasteiger partial charge in [0.15, 0.2) is 0 Å². The summed E-state index contributed by atoms with van der Waals surface area (Å²) < 4.78 is 43.7. The lowest BCUT2D eigenvalue weighted by Crippen LogP contribution is -2.44. The molecule has 0 unspecified atom stereocenters. The van der Waals surface area contributed by atoms with Gasteiger partial charge in [-0.05, 0) is 60.4 Å². The summed E-state index contributed by atoms with van der Waals surface area (Å²) in [4.78, 5) is 12.5. The summed E-state index contributed by atoms with van der Waals surface area (Å²) in [5.74, 6) is -0.513. The fraction of sp³-hybridized carbons (Fsp3) is 0.824. The molecule has 2 rings (SSSR count). The summed E-state index contributed by atoms with van der Waals surface area (Å²) in [7, 11) is -4.14. The predicted molar refractivity (Wildman–Crippen MR) is 100.0 cm³/mol. The van der Waals surface area contributed by atoms with E-state index in [4.69, 9.17) is 14.0 Å². The molecule has 0 aromatic heterocycles. The maximum Gasteiger partial charge on any atom is 0.491 e. The van der Waals surface area contributed by atoms with E-state index in [1.165, 1.54) is 4.31 Å². The Morgan fingerprint density at radius 3 is 2.23 bits per heavy atom. The molecule has 0 aromatic carbocycles. The number of carbonyl (C=O) groups is 1. The first-order valence-corrected chi connectivity index (χ1v) is 10.6. The van der Waals surface area contributed by atoms with Crippen LogP contribution >= 0.6 is 0 Å². The molecule has 0 bridgehead atoms. The average molecular weight is 387 g/mol. The summed E-state index contributed by atoms with van der Waals surface area (Å²) in [6.45, 7) is 13.2. The first kappa shape index (κ1) is 21.4. The van der Waals surface area contributed by atoms with Gasteiger partial charge in [0.05, 0.1) is 23.1 Å².